The number of aromatic nitrogens is 3. The lowest BCUT2D eigenvalue weighted by atomic mass is 9.96. The van der Waals surface area contributed by atoms with Crippen LogP contribution in [0.25, 0.3) is 21.6 Å². The molecular weight excluding hydrogens is 592 g/mol. The van der Waals surface area contributed by atoms with Crippen molar-refractivity contribution in [2.24, 2.45) is 5.92 Å². The van der Waals surface area contributed by atoms with Crippen molar-refractivity contribution < 1.29 is 28.9 Å². The first-order valence-electron chi connectivity index (χ1n) is 14.6. The summed E-state index contributed by atoms with van der Waals surface area (Å²) in [5.74, 6) is 0.0935. The van der Waals surface area contributed by atoms with Gasteiger partial charge in [0, 0.05) is 6.20 Å². The third-order valence-corrected chi connectivity index (χ3v) is 9.02. The van der Waals surface area contributed by atoms with E-state index in [0.717, 1.165) is 16.7 Å². The highest BCUT2D eigenvalue weighted by Gasteiger charge is 2.49. The van der Waals surface area contributed by atoms with Crippen molar-refractivity contribution in [3.63, 3.8) is 0 Å². The van der Waals surface area contributed by atoms with E-state index >= 15 is 0 Å². The molecule has 1 aliphatic heterocycles. The number of rotatable bonds is 9. The summed E-state index contributed by atoms with van der Waals surface area (Å²) in [6, 6.07) is 13.5. The Morgan fingerprint density at radius 1 is 1.02 bits per heavy atom. The number of hydrogen-bond acceptors (Lipinski definition) is 9. The fourth-order valence-corrected chi connectivity index (χ4v) is 6.54. The molecule has 0 aliphatic carbocycles. The lowest BCUT2D eigenvalue weighted by Gasteiger charge is -2.24. The summed E-state index contributed by atoms with van der Waals surface area (Å²) < 4.78 is 19.7. The Balaban J connectivity index is 1.54. The summed E-state index contributed by atoms with van der Waals surface area (Å²) in [7, 11) is 3.11. The molecule has 232 valence electrons. The number of pyridine rings is 1. The number of imidazole rings is 1. The molecule has 1 fully saturated rings. The molecule has 1 aliphatic rings. The molecule has 1 saturated heterocycles. The normalized spacial score (nSPS) is 16.3. The van der Waals surface area contributed by atoms with Gasteiger partial charge < -0.3 is 23.7 Å². The Morgan fingerprint density at radius 3 is 2.53 bits per heavy atom. The topological polar surface area (TPSA) is 115 Å². The summed E-state index contributed by atoms with van der Waals surface area (Å²) in [4.78, 5) is 38.5. The standard InChI is InChI=1S/C34H34N4O6S/c1-18(2)13-15-44-24-12-9-21(16-25(24)43-6)29-27(30(39)28-20(4)37-14-7-8-19(3)32(37)36-28)31(40)33(41)38(29)34-35-23-11-10-22(42-5)17-26(23)45-34/h7-12,14,16-18,29,39H,13,15H2,1-6H3. The number of aryl methyl sites for hydroxylation is 2. The molecule has 3 aromatic heterocycles. The van der Waals surface area contributed by atoms with E-state index in [-0.39, 0.29) is 17.0 Å². The van der Waals surface area contributed by atoms with Gasteiger partial charge in [-0.1, -0.05) is 37.3 Å². The molecule has 4 heterocycles. The van der Waals surface area contributed by atoms with E-state index < -0.39 is 17.7 Å². The number of ether oxygens (including phenoxy) is 3. The molecule has 11 heteroatoms. The predicted octanol–water partition coefficient (Wildman–Crippen LogP) is 6.63. The number of fused-ring (bicyclic) bond motifs is 2. The molecule has 0 radical (unpaired) electrons. The van der Waals surface area contributed by atoms with E-state index in [1.54, 1.807) is 37.4 Å². The number of anilines is 1. The van der Waals surface area contributed by atoms with Gasteiger partial charge in [-0.3, -0.25) is 14.5 Å². The summed E-state index contributed by atoms with van der Waals surface area (Å²) in [6.45, 7) is 8.48. The number of ketones is 1. The maximum atomic E-state index is 13.9. The van der Waals surface area contributed by atoms with Crippen molar-refractivity contribution in [1.29, 1.82) is 0 Å². The minimum Gasteiger partial charge on any atom is -0.505 e. The van der Waals surface area contributed by atoms with E-state index in [2.05, 4.69) is 13.8 Å². The van der Waals surface area contributed by atoms with Gasteiger partial charge in [0.15, 0.2) is 22.4 Å². The molecule has 1 amide bonds. The maximum Gasteiger partial charge on any atom is 0.301 e. The third-order valence-electron chi connectivity index (χ3n) is 8.00. The van der Waals surface area contributed by atoms with Gasteiger partial charge in [-0.05, 0) is 73.7 Å². The van der Waals surface area contributed by atoms with Gasteiger partial charge in [0.25, 0.3) is 5.78 Å². The van der Waals surface area contributed by atoms with Crippen LogP contribution in [0, 0.1) is 19.8 Å². The van der Waals surface area contributed by atoms with Crippen molar-refractivity contribution >= 4 is 49.8 Å². The van der Waals surface area contributed by atoms with Crippen LogP contribution in [0.15, 0.2) is 60.3 Å². The number of aliphatic hydroxyl groups is 1. The Bertz CT molecular complexity index is 1990. The Morgan fingerprint density at radius 2 is 1.82 bits per heavy atom. The number of carbonyl (C=O) groups excluding carboxylic acids is 2. The molecule has 10 nitrogen and oxygen atoms in total. The summed E-state index contributed by atoms with van der Waals surface area (Å²) in [5, 5.41) is 12.2. The zero-order valence-electron chi connectivity index (χ0n) is 26.0. The average Bonchev–Trinajstić information content (AvgIpc) is 3.68. The highest BCUT2D eigenvalue weighted by molar-refractivity contribution is 7.22. The lowest BCUT2D eigenvalue weighted by Crippen LogP contribution is -2.29. The van der Waals surface area contributed by atoms with Crippen molar-refractivity contribution in [3.8, 4) is 17.2 Å². The lowest BCUT2D eigenvalue weighted by molar-refractivity contribution is -0.132. The molecule has 0 spiro atoms. The number of benzene rings is 2. The number of amides is 1. The van der Waals surface area contributed by atoms with Gasteiger partial charge in [0.1, 0.15) is 17.1 Å². The van der Waals surface area contributed by atoms with E-state index in [4.69, 9.17) is 24.2 Å². The van der Waals surface area contributed by atoms with Gasteiger partial charge >= 0.3 is 5.91 Å². The SMILES string of the molecule is COc1ccc2nc(N3C(=O)C(=O)C(=C(O)c4nc5c(C)cccn5c4C)C3c3ccc(OCCC(C)C)c(OC)c3)sc2c1. The highest BCUT2D eigenvalue weighted by Crippen LogP contribution is 2.46. The van der Waals surface area contributed by atoms with Crippen LogP contribution in [0.1, 0.15) is 48.8 Å². The molecule has 1 atom stereocenters. The number of carbonyl (C=O) groups is 2. The molecule has 0 bridgehead atoms. The molecule has 0 saturated carbocycles. The third kappa shape index (κ3) is 5.27. The molecule has 45 heavy (non-hydrogen) atoms. The smallest absolute Gasteiger partial charge is 0.301 e. The van der Waals surface area contributed by atoms with Crippen molar-refractivity contribution in [2.75, 3.05) is 25.7 Å². The largest absolute Gasteiger partial charge is 0.505 e. The Kier molecular flexibility index (Phi) is 7.96. The zero-order chi connectivity index (χ0) is 32.0. The first kappa shape index (κ1) is 30.1. The molecule has 2 aromatic carbocycles. The molecule has 1 unspecified atom stereocenters. The van der Waals surface area contributed by atoms with Crippen molar-refractivity contribution in [2.45, 2.75) is 40.2 Å². The van der Waals surface area contributed by atoms with Crippen molar-refractivity contribution in [1.82, 2.24) is 14.4 Å². The number of nitrogens with zero attached hydrogens (tertiary/aromatic N) is 4. The van der Waals surface area contributed by atoms with Crippen LogP contribution in [0.2, 0.25) is 0 Å². The predicted molar refractivity (Wildman–Crippen MR) is 174 cm³/mol. The van der Waals surface area contributed by atoms with Crippen LogP contribution >= 0.6 is 11.3 Å². The van der Waals surface area contributed by atoms with Gasteiger partial charge in [-0.25, -0.2) is 9.97 Å². The van der Waals surface area contributed by atoms with E-state index in [9.17, 15) is 14.7 Å². The fraction of sp³-hybridized carbons (Fsp3) is 0.294. The van der Waals surface area contributed by atoms with E-state index in [0.29, 0.717) is 57.3 Å². The minimum atomic E-state index is -1.02. The Hall–Kier alpha value is -4.90. The number of methoxy groups -OCH3 is 2. The van der Waals surface area contributed by atoms with E-state index in [1.807, 2.05) is 42.6 Å². The van der Waals surface area contributed by atoms with Crippen LogP contribution in [-0.2, 0) is 9.59 Å². The molecular formula is C34H34N4O6S. The zero-order valence-corrected chi connectivity index (χ0v) is 26.8. The summed E-state index contributed by atoms with van der Waals surface area (Å²) in [6.07, 6.45) is 2.71. The van der Waals surface area contributed by atoms with Crippen LogP contribution in [0.4, 0.5) is 5.13 Å². The van der Waals surface area contributed by atoms with Crippen LogP contribution in [0.5, 0.6) is 17.2 Å². The minimum absolute atomic E-state index is 0.0866. The second-order valence-electron chi connectivity index (χ2n) is 11.4. The van der Waals surface area contributed by atoms with Gasteiger partial charge in [0.05, 0.1) is 48.4 Å². The highest BCUT2D eigenvalue weighted by atomic mass is 32.1. The summed E-state index contributed by atoms with van der Waals surface area (Å²) in [5.41, 5.74) is 3.51. The maximum absolute atomic E-state index is 13.9. The fourth-order valence-electron chi connectivity index (χ4n) is 5.52. The van der Waals surface area contributed by atoms with Crippen LogP contribution in [0.3, 0.4) is 0 Å². The second kappa shape index (κ2) is 11.9. The van der Waals surface area contributed by atoms with Crippen LogP contribution in [-0.4, -0.2) is 52.0 Å². The van der Waals surface area contributed by atoms with Gasteiger partial charge in [-0.15, -0.1) is 0 Å². The first-order valence-corrected chi connectivity index (χ1v) is 15.5. The molecule has 1 N–H and O–H groups in total. The van der Waals surface area contributed by atoms with Gasteiger partial charge in [0.2, 0.25) is 0 Å². The number of hydrogen-bond donors (Lipinski definition) is 1. The van der Waals surface area contributed by atoms with Gasteiger partial charge in [-0.2, -0.15) is 0 Å². The van der Waals surface area contributed by atoms with Crippen molar-refractivity contribution in [3.05, 3.63) is 82.8 Å². The number of Topliss-reactive ketones (excluding diaryl/α,β-unsaturated/α-hetero) is 1. The number of aliphatic hydroxyl groups excluding tert-OH is 1. The molecule has 6 rings (SSSR count). The quantitative estimate of drug-likeness (QED) is 0.110. The first-order chi connectivity index (χ1) is 21.6. The average molecular weight is 627 g/mol. The van der Waals surface area contributed by atoms with E-state index in [1.165, 1.54) is 23.3 Å². The number of thiazole rings is 1. The second-order valence-corrected chi connectivity index (χ2v) is 12.4. The monoisotopic (exact) mass is 626 g/mol. The van der Waals surface area contributed by atoms with Crippen LogP contribution < -0.4 is 19.1 Å². The summed E-state index contributed by atoms with van der Waals surface area (Å²) >= 11 is 1.26. The Labute approximate surface area is 264 Å². The molecule has 5 aromatic rings.